The molecule has 2 atom stereocenters. The average molecular weight is 302 g/mol. The summed E-state index contributed by atoms with van der Waals surface area (Å²) in [5.41, 5.74) is 0.701. The zero-order chi connectivity index (χ0) is 13.9. The fraction of sp³-hybridized carbons (Fsp3) is 0.571. The van der Waals surface area contributed by atoms with Crippen molar-refractivity contribution in [2.45, 2.75) is 36.6 Å². The Bertz CT molecular complexity index is 530. The number of anilines is 1. The number of hydrogen-bond donors (Lipinski definition) is 1. The molecule has 0 spiro atoms. The highest BCUT2D eigenvalue weighted by Crippen LogP contribution is 2.30. The summed E-state index contributed by atoms with van der Waals surface area (Å²) in [5, 5.41) is 3.39. The predicted molar refractivity (Wildman–Crippen MR) is 79.6 cm³/mol. The van der Waals surface area contributed by atoms with E-state index in [1.54, 1.807) is 12.1 Å². The Morgan fingerprint density at radius 3 is 2.63 bits per heavy atom. The number of alkyl halides is 1. The average Bonchev–Trinajstić information content (AvgIpc) is 2.39. The first-order valence-corrected chi connectivity index (χ1v) is 9.06. The molecule has 2 rings (SSSR count). The van der Waals surface area contributed by atoms with E-state index in [1.807, 2.05) is 12.1 Å². The summed E-state index contributed by atoms with van der Waals surface area (Å²) >= 11 is 6.01. The summed E-state index contributed by atoms with van der Waals surface area (Å²) in [6.07, 6.45) is 5.79. The molecule has 19 heavy (non-hydrogen) atoms. The molecule has 0 saturated heterocycles. The van der Waals surface area contributed by atoms with Crippen LogP contribution < -0.4 is 5.32 Å². The van der Waals surface area contributed by atoms with Crippen molar-refractivity contribution in [2.24, 2.45) is 5.92 Å². The molecule has 2 unspecified atom stereocenters. The van der Waals surface area contributed by atoms with Crippen LogP contribution >= 0.6 is 11.6 Å². The van der Waals surface area contributed by atoms with Gasteiger partial charge in [-0.1, -0.05) is 25.0 Å². The third kappa shape index (κ3) is 3.63. The number of para-hydroxylation sites is 1. The Hall–Kier alpha value is -0.740. The van der Waals surface area contributed by atoms with Crippen molar-refractivity contribution in [2.75, 3.05) is 17.5 Å². The Kier molecular flexibility index (Phi) is 4.74. The van der Waals surface area contributed by atoms with E-state index in [2.05, 4.69) is 5.32 Å². The lowest BCUT2D eigenvalue weighted by Gasteiger charge is -2.32. The molecular weight excluding hydrogens is 282 g/mol. The third-order valence-electron chi connectivity index (χ3n) is 3.73. The van der Waals surface area contributed by atoms with E-state index in [0.29, 0.717) is 22.4 Å². The Morgan fingerprint density at radius 1 is 1.26 bits per heavy atom. The van der Waals surface area contributed by atoms with Crippen LogP contribution in [0.15, 0.2) is 29.2 Å². The number of hydrogen-bond acceptors (Lipinski definition) is 3. The van der Waals surface area contributed by atoms with Gasteiger partial charge in [-0.05, 0) is 30.9 Å². The van der Waals surface area contributed by atoms with E-state index >= 15 is 0 Å². The van der Waals surface area contributed by atoms with Gasteiger partial charge in [0.05, 0.1) is 10.6 Å². The minimum absolute atomic E-state index is 0.272. The molecule has 106 valence electrons. The van der Waals surface area contributed by atoms with Gasteiger partial charge in [-0.2, -0.15) is 0 Å². The van der Waals surface area contributed by atoms with Crippen molar-refractivity contribution in [1.82, 2.24) is 0 Å². The first-order chi connectivity index (χ1) is 9.02. The second-order valence-corrected chi connectivity index (χ2v) is 7.51. The smallest absolute Gasteiger partial charge is 0.177 e. The minimum Gasteiger partial charge on any atom is -0.381 e. The normalized spacial score (nSPS) is 24.1. The lowest BCUT2D eigenvalue weighted by molar-refractivity contribution is 0.353. The van der Waals surface area contributed by atoms with Crippen LogP contribution in [0.5, 0.6) is 0 Å². The number of rotatable bonds is 4. The SMILES string of the molecule is CS(=O)(=O)c1ccccc1NC1CCCCC1CCl. The molecule has 1 aromatic rings. The van der Waals surface area contributed by atoms with Crippen LogP contribution in [-0.4, -0.2) is 26.6 Å². The molecule has 1 aliphatic rings. The summed E-state index contributed by atoms with van der Waals surface area (Å²) in [5.74, 6) is 1.04. The second kappa shape index (κ2) is 6.14. The summed E-state index contributed by atoms with van der Waals surface area (Å²) < 4.78 is 23.6. The van der Waals surface area contributed by atoms with Crippen LogP contribution in [0, 0.1) is 5.92 Å². The molecule has 1 aromatic carbocycles. The zero-order valence-electron chi connectivity index (χ0n) is 11.1. The van der Waals surface area contributed by atoms with Crippen molar-refractivity contribution in [3.63, 3.8) is 0 Å². The molecule has 0 radical (unpaired) electrons. The summed E-state index contributed by atoms with van der Waals surface area (Å²) in [6.45, 7) is 0. The van der Waals surface area contributed by atoms with Gasteiger partial charge in [-0.15, -0.1) is 11.6 Å². The Morgan fingerprint density at radius 2 is 1.95 bits per heavy atom. The summed E-state index contributed by atoms with van der Waals surface area (Å²) in [6, 6.07) is 7.36. The molecule has 0 aliphatic heterocycles. The highest BCUT2D eigenvalue weighted by molar-refractivity contribution is 7.90. The van der Waals surface area contributed by atoms with Gasteiger partial charge in [0.15, 0.2) is 9.84 Å². The molecule has 1 fully saturated rings. The van der Waals surface area contributed by atoms with Crippen molar-refractivity contribution >= 4 is 27.1 Å². The lowest BCUT2D eigenvalue weighted by atomic mass is 9.85. The van der Waals surface area contributed by atoms with Crippen LogP contribution in [0.3, 0.4) is 0 Å². The zero-order valence-corrected chi connectivity index (χ0v) is 12.7. The van der Waals surface area contributed by atoms with Crippen LogP contribution in [0.2, 0.25) is 0 Å². The van der Waals surface area contributed by atoms with Gasteiger partial charge in [0.1, 0.15) is 0 Å². The molecule has 3 nitrogen and oxygen atoms in total. The Balaban J connectivity index is 2.23. The maximum absolute atomic E-state index is 11.8. The standard InChI is InChI=1S/C14H20ClNO2S/c1-19(17,18)14-9-5-4-8-13(14)16-12-7-3-2-6-11(12)10-15/h4-5,8-9,11-12,16H,2-3,6-7,10H2,1H3. The Labute approximate surface area is 120 Å². The van der Waals surface area contributed by atoms with E-state index in [1.165, 1.54) is 19.1 Å². The number of nitrogens with one attached hydrogen (secondary N) is 1. The van der Waals surface area contributed by atoms with Gasteiger partial charge in [0.25, 0.3) is 0 Å². The number of halogens is 1. The highest BCUT2D eigenvalue weighted by atomic mass is 35.5. The minimum atomic E-state index is -3.20. The van der Waals surface area contributed by atoms with Crippen molar-refractivity contribution in [3.8, 4) is 0 Å². The third-order valence-corrected chi connectivity index (χ3v) is 5.29. The van der Waals surface area contributed by atoms with Gasteiger partial charge in [0, 0.05) is 18.2 Å². The van der Waals surface area contributed by atoms with Gasteiger partial charge >= 0.3 is 0 Å². The highest BCUT2D eigenvalue weighted by Gasteiger charge is 2.25. The second-order valence-electron chi connectivity index (χ2n) is 5.22. The summed E-state index contributed by atoms with van der Waals surface area (Å²) in [7, 11) is -3.20. The molecular formula is C14H20ClNO2S. The topological polar surface area (TPSA) is 46.2 Å². The monoisotopic (exact) mass is 301 g/mol. The molecule has 0 amide bonds. The van der Waals surface area contributed by atoms with Crippen LogP contribution in [0.25, 0.3) is 0 Å². The maximum atomic E-state index is 11.8. The number of benzene rings is 1. The fourth-order valence-electron chi connectivity index (χ4n) is 2.69. The van der Waals surface area contributed by atoms with E-state index in [0.717, 1.165) is 12.8 Å². The van der Waals surface area contributed by atoms with E-state index in [4.69, 9.17) is 11.6 Å². The largest absolute Gasteiger partial charge is 0.381 e. The quantitative estimate of drug-likeness (QED) is 0.868. The molecule has 0 heterocycles. The first-order valence-electron chi connectivity index (χ1n) is 6.64. The van der Waals surface area contributed by atoms with E-state index < -0.39 is 9.84 Å². The molecule has 0 aromatic heterocycles. The lowest BCUT2D eigenvalue weighted by Crippen LogP contribution is -2.33. The first kappa shape index (κ1) is 14.7. The van der Waals surface area contributed by atoms with Gasteiger partial charge in [-0.25, -0.2) is 8.42 Å². The van der Waals surface area contributed by atoms with Crippen molar-refractivity contribution in [1.29, 1.82) is 0 Å². The van der Waals surface area contributed by atoms with Crippen LogP contribution in [0.4, 0.5) is 5.69 Å². The molecule has 1 aliphatic carbocycles. The van der Waals surface area contributed by atoms with Crippen molar-refractivity contribution in [3.05, 3.63) is 24.3 Å². The van der Waals surface area contributed by atoms with Gasteiger partial charge in [0.2, 0.25) is 0 Å². The number of sulfone groups is 1. The van der Waals surface area contributed by atoms with Gasteiger partial charge < -0.3 is 5.32 Å². The van der Waals surface area contributed by atoms with Crippen LogP contribution in [0.1, 0.15) is 25.7 Å². The van der Waals surface area contributed by atoms with E-state index in [9.17, 15) is 8.42 Å². The summed E-state index contributed by atoms with van der Waals surface area (Å²) in [4.78, 5) is 0.369. The van der Waals surface area contributed by atoms with Gasteiger partial charge in [-0.3, -0.25) is 0 Å². The predicted octanol–water partition coefficient (Wildman–Crippen LogP) is 3.30. The van der Waals surface area contributed by atoms with E-state index in [-0.39, 0.29) is 6.04 Å². The maximum Gasteiger partial charge on any atom is 0.177 e. The fourth-order valence-corrected chi connectivity index (χ4v) is 3.91. The van der Waals surface area contributed by atoms with Crippen LogP contribution in [-0.2, 0) is 9.84 Å². The molecule has 1 N–H and O–H groups in total. The molecule has 1 saturated carbocycles. The molecule has 5 heteroatoms. The molecule has 0 bridgehead atoms. The van der Waals surface area contributed by atoms with Crippen molar-refractivity contribution < 1.29 is 8.42 Å².